The standard InChI is InChI=1S/C14H15N3O2/c1-19-12-6-3-11(4-7-12)5-8-13(18)17-14-15-9-2-10-16-14/h2-4,6-7,9-10H,5,8H2,1H3,(H,15,16,17,18). The summed E-state index contributed by atoms with van der Waals surface area (Å²) in [7, 11) is 1.63. The fraction of sp³-hybridized carbons (Fsp3) is 0.214. The topological polar surface area (TPSA) is 64.1 Å². The average molecular weight is 257 g/mol. The maximum absolute atomic E-state index is 11.7. The second kappa shape index (κ2) is 6.49. The number of amides is 1. The van der Waals surface area contributed by atoms with E-state index >= 15 is 0 Å². The average Bonchev–Trinajstić information content (AvgIpc) is 2.47. The van der Waals surface area contributed by atoms with Gasteiger partial charge in [-0.3, -0.25) is 10.1 Å². The molecule has 1 N–H and O–H groups in total. The normalized spacial score (nSPS) is 9.95. The molecule has 2 aromatic rings. The molecule has 19 heavy (non-hydrogen) atoms. The number of benzene rings is 1. The van der Waals surface area contributed by atoms with Gasteiger partial charge in [0.15, 0.2) is 0 Å². The molecule has 0 unspecified atom stereocenters. The minimum atomic E-state index is -0.0954. The van der Waals surface area contributed by atoms with Crippen molar-refractivity contribution < 1.29 is 9.53 Å². The van der Waals surface area contributed by atoms with Crippen molar-refractivity contribution in [2.24, 2.45) is 0 Å². The van der Waals surface area contributed by atoms with Crippen LogP contribution in [0.25, 0.3) is 0 Å². The first-order valence-corrected chi connectivity index (χ1v) is 5.98. The lowest BCUT2D eigenvalue weighted by Gasteiger charge is -2.04. The van der Waals surface area contributed by atoms with Crippen LogP contribution in [-0.2, 0) is 11.2 Å². The van der Waals surface area contributed by atoms with E-state index in [4.69, 9.17) is 4.74 Å². The number of carbonyl (C=O) groups is 1. The molecule has 0 atom stereocenters. The summed E-state index contributed by atoms with van der Waals surface area (Å²) >= 11 is 0. The Balaban J connectivity index is 1.83. The van der Waals surface area contributed by atoms with Crippen molar-refractivity contribution in [2.45, 2.75) is 12.8 Å². The predicted octanol–water partition coefficient (Wildman–Crippen LogP) is 2.06. The third-order valence-electron chi connectivity index (χ3n) is 2.62. The van der Waals surface area contributed by atoms with E-state index in [0.29, 0.717) is 18.8 Å². The van der Waals surface area contributed by atoms with Crippen molar-refractivity contribution in [3.8, 4) is 5.75 Å². The highest BCUT2D eigenvalue weighted by molar-refractivity contribution is 5.88. The Kier molecular flexibility index (Phi) is 4.44. The first-order valence-electron chi connectivity index (χ1n) is 5.98. The quantitative estimate of drug-likeness (QED) is 0.890. The number of anilines is 1. The first kappa shape index (κ1) is 13.0. The van der Waals surface area contributed by atoms with Gasteiger partial charge in [-0.25, -0.2) is 9.97 Å². The number of aromatic nitrogens is 2. The summed E-state index contributed by atoms with van der Waals surface area (Å²) in [5.74, 6) is 1.05. The SMILES string of the molecule is COc1ccc(CCC(=O)Nc2ncccn2)cc1. The molecule has 1 amide bonds. The molecule has 1 aromatic heterocycles. The lowest BCUT2D eigenvalue weighted by Crippen LogP contribution is -2.14. The molecule has 0 bridgehead atoms. The number of aryl methyl sites for hydroxylation is 1. The van der Waals surface area contributed by atoms with Gasteiger partial charge in [-0.15, -0.1) is 0 Å². The Morgan fingerprint density at radius 3 is 2.53 bits per heavy atom. The minimum Gasteiger partial charge on any atom is -0.497 e. The Morgan fingerprint density at radius 2 is 1.89 bits per heavy atom. The molecule has 5 heteroatoms. The Morgan fingerprint density at radius 1 is 1.21 bits per heavy atom. The van der Waals surface area contributed by atoms with E-state index in [-0.39, 0.29) is 5.91 Å². The third kappa shape index (κ3) is 4.06. The van der Waals surface area contributed by atoms with Crippen LogP contribution in [0.2, 0.25) is 0 Å². The number of ether oxygens (including phenoxy) is 1. The lowest BCUT2D eigenvalue weighted by molar-refractivity contribution is -0.116. The highest BCUT2D eigenvalue weighted by Gasteiger charge is 2.04. The maximum Gasteiger partial charge on any atom is 0.229 e. The van der Waals surface area contributed by atoms with Crippen LogP contribution in [-0.4, -0.2) is 23.0 Å². The summed E-state index contributed by atoms with van der Waals surface area (Å²) in [6, 6.07) is 9.37. The van der Waals surface area contributed by atoms with E-state index in [1.54, 1.807) is 25.6 Å². The second-order valence-electron chi connectivity index (χ2n) is 3.97. The second-order valence-corrected chi connectivity index (χ2v) is 3.97. The molecular formula is C14H15N3O2. The van der Waals surface area contributed by atoms with Crippen LogP contribution in [0.3, 0.4) is 0 Å². The van der Waals surface area contributed by atoms with Gasteiger partial charge in [-0.2, -0.15) is 0 Å². The van der Waals surface area contributed by atoms with Gasteiger partial charge < -0.3 is 4.74 Å². The van der Waals surface area contributed by atoms with Gasteiger partial charge in [0.1, 0.15) is 5.75 Å². The van der Waals surface area contributed by atoms with Crippen molar-refractivity contribution in [1.82, 2.24) is 9.97 Å². The molecule has 0 aliphatic rings. The van der Waals surface area contributed by atoms with Crippen molar-refractivity contribution in [3.63, 3.8) is 0 Å². The number of nitrogens with zero attached hydrogens (tertiary/aromatic N) is 2. The molecule has 2 rings (SSSR count). The summed E-state index contributed by atoms with van der Waals surface area (Å²) in [5.41, 5.74) is 1.09. The zero-order chi connectivity index (χ0) is 13.5. The van der Waals surface area contributed by atoms with Crippen LogP contribution in [0.1, 0.15) is 12.0 Å². The fourth-order valence-electron chi connectivity index (χ4n) is 1.60. The molecule has 0 saturated heterocycles. The van der Waals surface area contributed by atoms with Gasteiger partial charge in [-0.05, 0) is 30.2 Å². The number of nitrogens with one attached hydrogen (secondary N) is 1. The maximum atomic E-state index is 11.7. The monoisotopic (exact) mass is 257 g/mol. The summed E-state index contributed by atoms with van der Waals surface area (Å²) in [5, 5.41) is 2.65. The summed E-state index contributed by atoms with van der Waals surface area (Å²) in [6.45, 7) is 0. The zero-order valence-electron chi connectivity index (χ0n) is 10.7. The van der Waals surface area contributed by atoms with Gasteiger partial charge in [0.05, 0.1) is 7.11 Å². The van der Waals surface area contributed by atoms with E-state index in [0.717, 1.165) is 11.3 Å². The van der Waals surface area contributed by atoms with E-state index in [2.05, 4.69) is 15.3 Å². The molecule has 0 spiro atoms. The Hall–Kier alpha value is -2.43. The Bertz CT molecular complexity index is 526. The predicted molar refractivity (Wildman–Crippen MR) is 72.0 cm³/mol. The summed E-state index contributed by atoms with van der Waals surface area (Å²) in [4.78, 5) is 19.6. The zero-order valence-corrected chi connectivity index (χ0v) is 10.7. The van der Waals surface area contributed by atoms with Gasteiger partial charge in [0.2, 0.25) is 11.9 Å². The first-order chi connectivity index (χ1) is 9.28. The molecule has 0 fully saturated rings. The smallest absolute Gasteiger partial charge is 0.229 e. The molecule has 0 radical (unpaired) electrons. The lowest BCUT2D eigenvalue weighted by atomic mass is 10.1. The minimum absolute atomic E-state index is 0.0954. The third-order valence-corrected chi connectivity index (χ3v) is 2.62. The highest BCUT2D eigenvalue weighted by atomic mass is 16.5. The van der Waals surface area contributed by atoms with Crippen molar-refractivity contribution in [3.05, 3.63) is 48.3 Å². The summed E-state index contributed by atoms with van der Waals surface area (Å²) < 4.78 is 5.08. The Labute approximate surface area is 111 Å². The van der Waals surface area contributed by atoms with Gasteiger partial charge in [-0.1, -0.05) is 12.1 Å². The molecule has 0 saturated carbocycles. The number of methoxy groups -OCH3 is 1. The van der Waals surface area contributed by atoms with Gasteiger partial charge in [0, 0.05) is 18.8 Å². The fourth-order valence-corrected chi connectivity index (χ4v) is 1.60. The summed E-state index contributed by atoms with van der Waals surface area (Å²) in [6.07, 6.45) is 4.24. The van der Waals surface area contributed by atoms with Crippen LogP contribution < -0.4 is 10.1 Å². The highest BCUT2D eigenvalue weighted by Crippen LogP contribution is 2.12. The van der Waals surface area contributed by atoms with Crippen LogP contribution >= 0.6 is 0 Å². The van der Waals surface area contributed by atoms with Crippen molar-refractivity contribution in [2.75, 3.05) is 12.4 Å². The molecule has 5 nitrogen and oxygen atoms in total. The van der Waals surface area contributed by atoms with Crippen LogP contribution in [0.5, 0.6) is 5.75 Å². The van der Waals surface area contributed by atoms with E-state index in [9.17, 15) is 4.79 Å². The molecule has 1 aromatic carbocycles. The molecule has 0 aliphatic heterocycles. The molecular weight excluding hydrogens is 242 g/mol. The van der Waals surface area contributed by atoms with Crippen LogP contribution in [0.4, 0.5) is 5.95 Å². The van der Waals surface area contributed by atoms with Crippen LogP contribution in [0.15, 0.2) is 42.7 Å². The molecule has 0 aliphatic carbocycles. The molecule has 1 heterocycles. The number of rotatable bonds is 5. The van der Waals surface area contributed by atoms with Gasteiger partial charge in [0.25, 0.3) is 0 Å². The number of carbonyl (C=O) groups excluding carboxylic acids is 1. The van der Waals surface area contributed by atoms with Crippen molar-refractivity contribution in [1.29, 1.82) is 0 Å². The number of hydrogen-bond acceptors (Lipinski definition) is 4. The van der Waals surface area contributed by atoms with Crippen LogP contribution in [0, 0.1) is 0 Å². The molecule has 98 valence electrons. The van der Waals surface area contributed by atoms with Gasteiger partial charge >= 0.3 is 0 Å². The largest absolute Gasteiger partial charge is 0.497 e. The van der Waals surface area contributed by atoms with E-state index in [1.807, 2.05) is 24.3 Å². The van der Waals surface area contributed by atoms with E-state index in [1.165, 1.54) is 0 Å². The number of hydrogen-bond donors (Lipinski definition) is 1. The van der Waals surface area contributed by atoms with E-state index < -0.39 is 0 Å². The van der Waals surface area contributed by atoms with Crippen molar-refractivity contribution >= 4 is 11.9 Å².